The van der Waals surface area contributed by atoms with Gasteiger partial charge in [-0.25, -0.2) is 0 Å². The monoisotopic (exact) mass is 467 g/mol. The van der Waals surface area contributed by atoms with E-state index >= 15 is 0 Å². The average Bonchev–Trinajstić information content (AvgIpc) is 2.81. The summed E-state index contributed by atoms with van der Waals surface area (Å²) in [6.45, 7) is 12.9. The quantitative estimate of drug-likeness (QED) is 0.465. The van der Waals surface area contributed by atoms with E-state index < -0.39 is 0 Å². The van der Waals surface area contributed by atoms with Crippen LogP contribution in [-0.4, -0.2) is 50.7 Å². The van der Waals surface area contributed by atoms with Gasteiger partial charge in [0, 0.05) is 74.5 Å². The predicted octanol–water partition coefficient (Wildman–Crippen LogP) is 3.66. The Bertz CT molecular complexity index is 1040. The van der Waals surface area contributed by atoms with Gasteiger partial charge in [0.15, 0.2) is 0 Å². The van der Waals surface area contributed by atoms with E-state index in [0.29, 0.717) is 11.1 Å². The molecular formula is C27H41N5O2. The number of piperazine rings is 1. The third kappa shape index (κ3) is 6.41. The molecule has 2 heterocycles. The maximum Gasteiger partial charge on any atom is 0.253 e. The van der Waals surface area contributed by atoms with Crippen LogP contribution in [0.4, 0.5) is 11.4 Å². The first-order chi connectivity index (χ1) is 16.3. The van der Waals surface area contributed by atoms with Crippen LogP contribution in [0.2, 0.25) is 0 Å². The minimum Gasteiger partial charge on any atom is -0.374 e. The number of nitrogens with one attached hydrogen (secondary N) is 3. The molecule has 0 saturated carbocycles. The molecule has 3 N–H and O–H groups in total. The van der Waals surface area contributed by atoms with Crippen LogP contribution < -0.4 is 26.0 Å². The number of H-pyrrole nitrogens is 1. The fourth-order valence-electron chi connectivity index (χ4n) is 4.68. The Morgan fingerprint density at radius 1 is 1.09 bits per heavy atom. The molecular weight excluding hydrogens is 426 g/mol. The Kier molecular flexibility index (Phi) is 9.16. The number of rotatable bonds is 10. The Labute approximate surface area is 203 Å². The van der Waals surface area contributed by atoms with E-state index in [1.54, 1.807) is 0 Å². The number of nitrogens with zero attached hydrogens (tertiary/aromatic N) is 2. The minimum absolute atomic E-state index is 0.142. The summed E-state index contributed by atoms with van der Waals surface area (Å²) in [5, 5.41) is 6.40. The van der Waals surface area contributed by atoms with Gasteiger partial charge in [-0.1, -0.05) is 26.2 Å². The number of benzene rings is 1. The lowest BCUT2D eigenvalue weighted by Crippen LogP contribution is -2.43. The molecule has 7 nitrogen and oxygen atoms in total. The third-order valence-corrected chi connectivity index (χ3v) is 6.77. The molecule has 0 unspecified atom stereocenters. The number of carbonyl (C=O) groups is 1. The van der Waals surface area contributed by atoms with Gasteiger partial charge >= 0.3 is 0 Å². The van der Waals surface area contributed by atoms with Crippen molar-refractivity contribution < 1.29 is 4.79 Å². The summed E-state index contributed by atoms with van der Waals surface area (Å²) >= 11 is 0. The number of anilines is 2. The second-order valence-corrected chi connectivity index (χ2v) is 9.48. The molecule has 0 bridgehead atoms. The molecule has 0 spiro atoms. The van der Waals surface area contributed by atoms with Gasteiger partial charge in [0.1, 0.15) is 0 Å². The number of amides is 1. The summed E-state index contributed by atoms with van der Waals surface area (Å²) in [5.74, 6) is -0.144. The second-order valence-electron chi connectivity index (χ2n) is 9.48. The lowest BCUT2D eigenvalue weighted by molar-refractivity contribution is 0.0950. The van der Waals surface area contributed by atoms with Gasteiger partial charge in [0.25, 0.3) is 11.5 Å². The second kappa shape index (κ2) is 12.1. The molecule has 186 valence electrons. The number of aromatic amines is 1. The van der Waals surface area contributed by atoms with Crippen molar-refractivity contribution in [1.82, 2.24) is 15.6 Å². The highest BCUT2D eigenvalue weighted by Gasteiger charge is 2.20. The van der Waals surface area contributed by atoms with E-state index in [-0.39, 0.29) is 18.0 Å². The smallest absolute Gasteiger partial charge is 0.253 e. The molecule has 0 aliphatic carbocycles. The maximum atomic E-state index is 13.4. The summed E-state index contributed by atoms with van der Waals surface area (Å²) in [4.78, 5) is 33.2. The molecule has 0 radical (unpaired) electrons. The number of hydrogen-bond acceptors (Lipinski definition) is 5. The molecule has 2 aromatic rings. The van der Waals surface area contributed by atoms with Crippen LogP contribution in [0.25, 0.3) is 0 Å². The molecule has 34 heavy (non-hydrogen) atoms. The van der Waals surface area contributed by atoms with Crippen LogP contribution in [0.3, 0.4) is 0 Å². The van der Waals surface area contributed by atoms with E-state index in [9.17, 15) is 9.59 Å². The SMILES string of the molecule is CCCCCCN(C)c1cc(N2CCNCC2)cc(C(=O)NCc2c(C)cc(C)[nH]c2=O)c1C. The lowest BCUT2D eigenvalue weighted by Gasteiger charge is -2.32. The first-order valence-electron chi connectivity index (χ1n) is 12.6. The van der Waals surface area contributed by atoms with Crippen LogP contribution in [0, 0.1) is 20.8 Å². The van der Waals surface area contributed by atoms with E-state index in [2.05, 4.69) is 45.5 Å². The molecule has 3 rings (SSSR count). The van der Waals surface area contributed by atoms with Crippen molar-refractivity contribution in [1.29, 1.82) is 0 Å². The van der Waals surface area contributed by atoms with Gasteiger partial charge in [-0.05, 0) is 56.5 Å². The highest BCUT2D eigenvalue weighted by Crippen LogP contribution is 2.30. The van der Waals surface area contributed by atoms with Crippen molar-refractivity contribution in [3.63, 3.8) is 0 Å². The number of carbonyl (C=O) groups excluding carboxylic acids is 1. The van der Waals surface area contributed by atoms with Crippen molar-refractivity contribution in [2.24, 2.45) is 0 Å². The van der Waals surface area contributed by atoms with E-state index in [1.807, 2.05) is 32.9 Å². The van der Waals surface area contributed by atoms with Gasteiger partial charge in [0.05, 0.1) is 0 Å². The summed E-state index contributed by atoms with van der Waals surface area (Å²) in [5.41, 5.74) is 6.00. The van der Waals surface area contributed by atoms with E-state index in [4.69, 9.17) is 0 Å². The van der Waals surface area contributed by atoms with Crippen molar-refractivity contribution >= 4 is 17.3 Å². The molecule has 1 aromatic carbocycles. The Hall–Kier alpha value is -2.80. The van der Waals surface area contributed by atoms with Gasteiger partial charge < -0.3 is 25.4 Å². The number of unbranched alkanes of at least 4 members (excludes halogenated alkanes) is 3. The Morgan fingerprint density at radius 2 is 1.82 bits per heavy atom. The van der Waals surface area contributed by atoms with E-state index in [1.165, 1.54) is 19.3 Å². The number of aromatic nitrogens is 1. The van der Waals surface area contributed by atoms with Gasteiger partial charge in [0.2, 0.25) is 0 Å². The molecule has 0 atom stereocenters. The van der Waals surface area contributed by atoms with Crippen molar-refractivity contribution in [2.75, 3.05) is 49.6 Å². The summed E-state index contributed by atoms with van der Waals surface area (Å²) in [7, 11) is 2.12. The molecule has 1 aromatic heterocycles. The average molecular weight is 468 g/mol. The largest absolute Gasteiger partial charge is 0.374 e. The van der Waals surface area contributed by atoms with Gasteiger partial charge in [-0.3, -0.25) is 9.59 Å². The van der Waals surface area contributed by atoms with Crippen LogP contribution in [0.5, 0.6) is 0 Å². The van der Waals surface area contributed by atoms with Gasteiger partial charge in [-0.2, -0.15) is 0 Å². The minimum atomic E-state index is -0.144. The zero-order valence-electron chi connectivity index (χ0n) is 21.5. The van der Waals surface area contributed by atoms with Crippen LogP contribution >= 0.6 is 0 Å². The van der Waals surface area contributed by atoms with Crippen molar-refractivity contribution in [3.8, 4) is 0 Å². The highest BCUT2D eigenvalue weighted by atomic mass is 16.1. The zero-order chi connectivity index (χ0) is 24.7. The van der Waals surface area contributed by atoms with Crippen LogP contribution in [-0.2, 0) is 6.54 Å². The van der Waals surface area contributed by atoms with Crippen molar-refractivity contribution in [2.45, 2.75) is 59.9 Å². The normalized spacial score (nSPS) is 13.7. The standard InChI is InChI=1S/C27H41N5O2/c1-6-7-8-9-12-31(5)25-17-22(32-13-10-28-11-14-32)16-23(21(25)4)26(33)29-18-24-19(2)15-20(3)30-27(24)34/h15-17,28H,6-14,18H2,1-5H3,(H,29,33)(H,30,34). The van der Waals surface area contributed by atoms with Crippen molar-refractivity contribution in [3.05, 3.63) is 56.5 Å². The van der Waals surface area contributed by atoms with Crippen LogP contribution in [0.15, 0.2) is 23.0 Å². The summed E-state index contributed by atoms with van der Waals surface area (Å²) in [6, 6.07) is 6.17. The molecule has 1 aliphatic heterocycles. The predicted molar refractivity (Wildman–Crippen MR) is 141 cm³/mol. The Morgan fingerprint density at radius 3 is 2.50 bits per heavy atom. The number of aryl methyl sites for hydroxylation is 2. The lowest BCUT2D eigenvalue weighted by atomic mass is 10.0. The fraction of sp³-hybridized carbons (Fsp3) is 0.556. The molecule has 1 saturated heterocycles. The summed E-state index contributed by atoms with van der Waals surface area (Å²) in [6.07, 6.45) is 4.82. The number of hydrogen-bond donors (Lipinski definition) is 3. The van der Waals surface area contributed by atoms with Crippen LogP contribution in [0.1, 0.15) is 65.3 Å². The topological polar surface area (TPSA) is 80.5 Å². The van der Waals surface area contributed by atoms with Gasteiger partial charge in [-0.15, -0.1) is 0 Å². The highest BCUT2D eigenvalue weighted by molar-refractivity contribution is 5.98. The molecule has 1 amide bonds. The zero-order valence-corrected chi connectivity index (χ0v) is 21.5. The Balaban J connectivity index is 1.86. The molecule has 7 heteroatoms. The maximum absolute atomic E-state index is 13.4. The van der Waals surface area contributed by atoms with E-state index in [0.717, 1.165) is 67.3 Å². The summed E-state index contributed by atoms with van der Waals surface area (Å²) < 4.78 is 0. The fourth-order valence-corrected chi connectivity index (χ4v) is 4.68. The molecule has 1 aliphatic rings. The third-order valence-electron chi connectivity index (χ3n) is 6.77. The molecule has 1 fully saturated rings. The first-order valence-corrected chi connectivity index (χ1v) is 12.6. The number of pyridine rings is 1. The first kappa shape index (κ1) is 25.8.